The summed E-state index contributed by atoms with van der Waals surface area (Å²) in [6, 6.07) is 8.28. The maximum Gasteiger partial charge on any atom is 0.407 e. The maximum absolute atomic E-state index is 12.4. The van der Waals surface area contributed by atoms with Crippen molar-refractivity contribution in [2.45, 2.75) is 46.1 Å². The third-order valence-electron chi connectivity index (χ3n) is 3.55. The molecule has 0 saturated carbocycles. The Hall–Kier alpha value is -2.55. The van der Waals surface area contributed by atoms with Crippen molar-refractivity contribution < 1.29 is 14.3 Å². The van der Waals surface area contributed by atoms with Crippen LogP contribution in [0.5, 0.6) is 0 Å². The van der Waals surface area contributed by atoms with E-state index in [0.29, 0.717) is 31.1 Å². The Balaban J connectivity index is 2.73. The fourth-order valence-corrected chi connectivity index (χ4v) is 2.08. The number of hydrogen-bond donors (Lipinski definition) is 2. The molecule has 0 bridgehead atoms. The average molecular weight is 345 g/mol. The van der Waals surface area contributed by atoms with Gasteiger partial charge in [0.15, 0.2) is 0 Å². The molecule has 0 saturated heterocycles. The minimum Gasteiger partial charge on any atom is -0.450 e. The first-order valence-corrected chi connectivity index (χ1v) is 8.66. The number of rotatable bonds is 9. The highest BCUT2D eigenvalue weighted by Crippen LogP contribution is 2.07. The number of benzene rings is 1. The molecule has 0 aliphatic rings. The molecule has 0 aromatic heterocycles. The number of carbonyl (C=O) groups excluding carboxylic acids is 2. The van der Waals surface area contributed by atoms with Crippen LogP contribution < -0.4 is 10.6 Å². The maximum atomic E-state index is 12.4. The van der Waals surface area contributed by atoms with Gasteiger partial charge in [-0.1, -0.05) is 39.3 Å². The van der Waals surface area contributed by atoms with Crippen molar-refractivity contribution >= 4 is 12.0 Å². The van der Waals surface area contributed by atoms with E-state index in [9.17, 15) is 9.59 Å². The summed E-state index contributed by atoms with van der Waals surface area (Å²) < 4.78 is 5.09. The van der Waals surface area contributed by atoms with Crippen LogP contribution in [0.3, 0.4) is 0 Å². The molecule has 6 nitrogen and oxygen atoms in total. The number of unbranched alkanes of at least 4 members (excludes halogenated alkanes) is 1. The van der Waals surface area contributed by atoms with Gasteiger partial charge in [-0.3, -0.25) is 4.79 Å². The quantitative estimate of drug-likeness (QED) is 0.673. The van der Waals surface area contributed by atoms with Crippen LogP contribution in [0.1, 0.15) is 44.7 Å². The van der Waals surface area contributed by atoms with E-state index in [0.717, 1.165) is 18.4 Å². The molecule has 0 heterocycles. The van der Waals surface area contributed by atoms with Crippen LogP contribution in [0.2, 0.25) is 0 Å². The predicted molar refractivity (Wildman–Crippen MR) is 95.9 cm³/mol. The van der Waals surface area contributed by atoms with Crippen LogP contribution in [-0.4, -0.2) is 31.2 Å². The molecule has 0 spiro atoms. The summed E-state index contributed by atoms with van der Waals surface area (Å²) >= 11 is 0. The van der Waals surface area contributed by atoms with Gasteiger partial charge in [-0.15, -0.1) is 0 Å². The summed E-state index contributed by atoms with van der Waals surface area (Å²) in [5.41, 5.74) is 1.41. The zero-order valence-electron chi connectivity index (χ0n) is 15.2. The Bertz CT molecular complexity index is 591. The van der Waals surface area contributed by atoms with Crippen LogP contribution in [0.4, 0.5) is 4.79 Å². The van der Waals surface area contributed by atoms with E-state index in [-0.39, 0.29) is 5.91 Å². The van der Waals surface area contributed by atoms with Crippen molar-refractivity contribution in [3.63, 3.8) is 0 Å². The second kappa shape index (κ2) is 11.1. The average Bonchev–Trinajstić information content (AvgIpc) is 2.60. The first kappa shape index (κ1) is 20.5. The molecule has 0 aliphatic carbocycles. The first-order valence-electron chi connectivity index (χ1n) is 8.66. The lowest BCUT2D eigenvalue weighted by Crippen LogP contribution is -2.48. The van der Waals surface area contributed by atoms with E-state index in [1.807, 2.05) is 20.8 Å². The number of nitriles is 1. The minimum atomic E-state index is -0.721. The van der Waals surface area contributed by atoms with Gasteiger partial charge in [0, 0.05) is 13.0 Å². The van der Waals surface area contributed by atoms with Crippen LogP contribution in [0.15, 0.2) is 24.3 Å². The van der Waals surface area contributed by atoms with Gasteiger partial charge in [0.1, 0.15) is 6.04 Å². The van der Waals surface area contributed by atoms with Crippen molar-refractivity contribution in [2.75, 3.05) is 13.2 Å². The number of carbonyl (C=O) groups is 2. The fourth-order valence-electron chi connectivity index (χ4n) is 2.08. The monoisotopic (exact) mass is 345 g/mol. The molecule has 25 heavy (non-hydrogen) atoms. The Morgan fingerprint density at radius 2 is 1.92 bits per heavy atom. The van der Waals surface area contributed by atoms with Crippen LogP contribution in [0.25, 0.3) is 0 Å². The SMILES string of the molecule is CCCCOC(=O)N[C@@H](Cc1ccc(C#N)cc1)C(=O)NCC(C)C. The number of ether oxygens (including phenoxy) is 1. The largest absolute Gasteiger partial charge is 0.450 e. The van der Waals surface area contributed by atoms with Gasteiger partial charge in [-0.25, -0.2) is 4.79 Å². The number of nitrogens with zero attached hydrogens (tertiary/aromatic N) is 1. The summed E-state index contributed by atoms with van der Waals surface area (Å²) in [5.74, 6) is 0.0709. The second-order valence-corrected chi connectivity index (χ2v) is 6.34. The minimum absolute atomic E-state index is 0.245. The van der Waals surface area contributed by atoms with E-state index in [1.54, 1.807) is 24.3 Å². The summed E-state index contributed by atoms with van der Waals surface area (Å²) in [6.07, 6.45) is 1.45. The van der Waals surface area contributed by atoms with E-state index in [4.69, 9.17) is 10.00 Å². The topological polar surface area (TPSA) is 91.2 Å². The zero-order chi connectivity index (χ0) is 18.7. The van der Waals surface area contributed by atoms with Crippen LogP contribution in [-0.2, 0) is 16.0 Å². The molecule has 1 aromatic rings. The predicted octanol–water partition coefficient (Wildman–Crippen LogP) is 2.77. The molecular weight excluding hydrogens is 318 g/mol. The molecule has 2 N–H and O–H groups in total. The Morgan fingerprint density at radius 3 is 2.48 bits per heavy atom. The van der Waals surface area contributed by atoms with Crippen molar-refractivity contribution in [3.8, 4) is 6.07 Å². The van der Waals surface area contributed by atoms with Crippen molar-refractivity contribution in [1.29, 1.82) is 5.26 Å². The highest BCUT2D eigenvalue weighted by Gasteiger charge is 2.22. The number of amides is 2. The number of alkyl carbamates (subject to hydrolysis) is 1. The van der Waals surface area contributed by atoms with E-state index < -0.39 is 12.1 Å². The zero-order valence-corrected chi connectivity index (χ0v) is 15.2. The molecular formula is C19H27N3O3. The molecule has 0 radical (unpaired) electrons. The Morgan fingerprint density at radius 1 is 1.24 bits per heavy atom. The molecule has 6 heteroatoms. The lowest BCUT2D eigenvalue weighted by atomic mass is 10.0. The number of hydrogen-bond acceptors (Lipinski definition) is 4. The highest BCUT2D eigenvalue weighted by atomic mass is 16.5. The molecule has 0 unspecified atom stereocenters. The summed E-state index contributed by atoms with van der Waals surface area (Å²) in [5, 5.41) is 14.3. The van der Waals surface area contributed by atoms with E-state index >= 15 is 0 Å². The summed E-state index contributed by atoms with van der Waals surface area (Å²) in [6.45, 7) is 6.88. The van der Waals surface area contributed by atoms with Crippen molar-refractivity contribution in [1.82, 2.24) is 10.6 Å². The van der Waals surface area contributed by atoms with Crippen LogP contribution >= 0.6 is 0 Å². The van der Waals surface area contributed by atoms with E-state index in [1.165, 1.54) is 0 Å². The van der Waals surface area contributed by atoms with Crippen molar-refractivity contribution in [2.24, 2.45) is 5.92 Å². The molecule has 0 fully saturated rings. The molecule has 2 amide bonds. The number of nitrogens with one attached hydrogen (secondary N) is 2. The van der Waals surface area contributed by atoms with Gasteiger partial charge in [0.25, 0.3) is 0 Å². The Kier molecular flexibility index (Phi) is 9.09. The molecule has 0 aliphatic heterocycles. The fraction of sp³-hybridized carbons (Fsp3) is 0.526. The lowest BCUT2D eigenvalue weighted by molar-refractivity contribution is -0.123. The van der Waals surface area contributed by atoms with Gasteiger partial charge in [0.2, 0.25) is 5.91 Å². The van der Waals surface area contributed by atoms with Crippen LogP contribution in [0, 0.1) is 17.2 Å². The summed E-state index contributed by atoms with van der Waals surface area (Å²) in [7, 11) is 0. The smallest absolute Gasteiger partial charge is 0.407 e. The van der Waals surface area contributed by atoms with Gasteiger partial charge in [0.05, 0.1) is 18.2 Å². The Labute approximate surface area is 149 Å². The van der Waals surface area contributed by atoms with Crippen molar-refractivity contribution in [3.05, 3.63) is 35.4 Å². The highest BCUT2D eigenvalue weighted by molar-refractivity contribution is 5.85. The lowest BCUT2D eigenvalue weighted by Gasteiger charge is -2.19. The molecule has 1 atom stereocenters. The molecule has 136 valence electrons. The van der Waals surface area contributed by atoms with E-state index in [2.05, 4.69) is 16.7 Å². The second-order valence-electron chi connectivity index (χ2n) is 6.34. The summed E-state index contributed by atoms with van der Waals surface area (Å²) in [4.78, 5) is 24.3. The standard InChI is InChI=1S/C19H27N3O3/c1-4-5-10-25-19(24)22-17(18(23)21-13-14(2)3)11-15-6-8-16(12-20)9-7-15/h6-9,14,17H,4-5,10-11,13H2,1-3H3,(H,21,23)(H,22,24)/t17-/m0/s1. The first-order chi connectivity index (χ1) is 12.0. The third-order valence-corrected chi connectivity index (χ3v) is 3.55. The molecule has 1 rings (SSSR count). The van der Waals surface area contributed by atoms with Gasteiger partial charge in [-0.2, -0.15) is 5.26 Å². The molecule has 1 aromatic carbocycles. The van der Waals surface area contributed by atoms with Gasteiger partial charge < -0.3 is 15.4 Å². The van der Waals surface area contributed by atoms with Gasteiger partial charge in [-0.05, 0) is 30.0 Å². The van der Waals surface area contributed by atoms with Gasteiger partial charge >= 0.3 is 6.09 Å². The normalized spacial score (nSPS) is 11.5. The third kappa shape index (κ3) is 8.20.